The fourth-order valence-electron chi connectivity index (χ4n) is 3.94. The summed E-state index contributed by atoms with van der Waals surface area (Å²) in [6, 6.07) is 18.2. The molecular formula is C21H23N2O+. The Hall–Kier alpha value is -2.39. The molecule has 2 N–H and O–H groups in total. The monoisotopic (exact) mass is 319 g/mol. The summed E-state index contributed by atoms with van der Waals surface area (Å²) in [6.07, 6.45) is 5.58. The summed E-state index contributed by atoms with van der Waals surface area (Å²) < 4.78 is 0. The number of carbonyl (C=O) groups is 1. The maximum atomic E-state index is 13.5. The second-order valence-corrected chi connectivity index (χ2v) is 6.67. The van der Waals surface area contributed by atoms with Crippen molar-refractivity contribution in [3.8, 4) is 0 Å². The van der Waals surface area contributed by atoms with E-state index in [9.17, 15) is 4.79 Å². The number of Topliss-reactive ketones (excluding diaryl/α,β-unsaturated/α-hetero) is 1. The number of likely N-dealkylation sites (tertiary alicyclic amines) is 1. The molecule has 0 unspecified atom stereocenters. The maximum Gasteiger partial charge on any atom is 0.226 e. The third-order valence-electron chi connectivity index (χ3n) is 5.15. The number of para-hydroxylation sites is 1. The van der Waals surface area contributed by atoms with Crippen molar-refractivity contribution in [2.75, 3.05) is 13.1 Å². The highest BCUT2D eigenvalue weighted by Gasteiger charge is 2.34. The van der Waals surface area contributed by atoms with Crippen molar-refractivity contribution in [1.29, 1.82) is 0 Å². The van der Waals surface area contributed by atoms with Crippen molar-refractivity contribution < 1.29 is 9.69 Å². The minimum atomic E-state index is -0.106. The van der Waals surface area contributed by atoms with Gasteiger partial charge in [0, 0.05) is 28.2 Å². The van der Waals surface area contributed by atoms with Crippen LogP contribution < -0.4 is 4.90 Å². The van der Waals surface area contributed by atoms with Gasteiger partial charge in [-0.1, -0.05) is 48.5 Å². The van der Waals surface area contributed by atoms with Gasteiger partial charge in [0.25, 0.3) is 0 Å². The smallest absolute Gasteiger partial charge is 0.226 e. The molecule has 0 saturated carbocycles. The molecule has 3 heteroatoms. The molecule has 1 aliphatic heterocycles. The van der Waals surface area contributed by atoms with E-state index in [1.807, 2.05) is 48.7 Å². The molecule has 2 aromatic carbocycles. The first-order valence-electron chi connectivity index (χ1n) is 8.84. The van der Waals surface area contributed by atoms with E-state index in [1.54, 1.807) is 0 Å². The Morgan fingerprint density at radius 3 is 2.42 bits per heavy atom. The van der Waals surface area contributed by atoms with Crippen LogP contribution in [0.1, 0.15) is 41.2 Å². The normalized spacial score (nSPS) is 17.0. The Kier molecular flexibility index (Phi) is 4.18. The number of hydrogen-bond donors (Lipinski definition) is 2. The zero-order valence-electron chi connectivity index (χ0n) is 13.8. The standard InChI is InChI=1S/C21H22N2O/c24-21(18-15-22-19-12-6-5-11-17(18)19)20(16-9-3-1-4-10-16)23-13-7-2-8-14-23/h1,3-6,9-12,15,20,22H,2,7-8,13-14H2/p+1/t20-/m1/s1. The first-order valence-corrected chi connectivity index (χ1v) is 8.84. The number of aromatic nitrogens is 1. The number of piperidine rings is 1. The Bertz CT molecular complexity index is 831. The van der Waals surface area contributed by atoms with Crippen LogP contribution in [0.3, 0.4) is 0 Å². The number of carbonyl (C=O) groups excluding carboxylic acids is 1. The van der Waals surface area contributed by atoms with Crippen molar-refractivity contribution in [2.45, 2.75) is 25.3 Å². The second kappa shape index (κ2) is 6.62. The summed E-state index contributed by atoms with van der Waals surface area (Å²) in [5.41, 5.74) is 2.98. The van der Waals surface area contributed by atoms with Crippen molar-refractivity contribution in [3.05, 3.63) is 71.9 Å². The molecule has 4 rings (SSSR count). The number of fused-ring (bicyclic) bond motifs is 1. The molecule has 0 aliphatic carbocycles. The number of quaternary nitrogens is 1. The lowest BCUT2D eigenvalue weighted by Crippen LogP contribution is -3.13. The number of aromatic amines is 1. The summed E-state index contributed by atoms with van der Waals surface area (Å²) in [5, 5.41) is 1.03. The van der Waals surface area contributed by atoms with Crippen LogP contribution in [-0.2, 0) is 0 Å². The zero-order valence-corrected chi connectivity index (χ0v) is 13.8. The summed E-state index contributed by atoms with van der Waals surface area (Å²) in [7, 11) is 0. The van der Waals surface area contributed by atoms with Gasteiger partial charge >= 0.3 is 0 Å². The van der Waals surface area contributed by atoms with E-state index in [4.69, 9.17) is 0 Å². The Balaban J connectivity index is 1.76. The van der Waals surface area contributed by atoms with Crippen LogP contribution >= 0.6 is 0 Å². The average Bonchev–Trinajstić information content (AvgIpc) is 3.08. The van der Waals surface area contributed by atoms with E-state index in [0.29, 0.717) is 0 Å². The summed E-state index contributed by atoms with van der Waals surface area (Å²) in [6.45, 7) is 2.15. The van der Waals surface area contributed by atoms with E-state index >= 15 is 0 Å². The Labute approximate surface area is 142 Å². The fraction of sp³-hybridized carbons (Fsp3) is 0.286. The molecule has 0 spiro atoms. The topological polar surface area (TPSA) is 37.3 Å². The quantitative estimate of drug-likeness (QED) is 0.712. The first kappa shape index (κ1) is 15.2. The second-order valence-electron chi connectivity index (χ2n) is 6.67. The van der Waals surface area contributed by atoms with Crippen LogP contribution in [0.2, 0.25) is 0 Å². The van der Waals surface area contributed by atoms with Crippen LogP contribution in [0.25, 0.3) is 10.9 Å². The van der Waals surface area contributed by atoms with Crippen molar-refractivity contribution in [1.82, 2.24) is 4.98 Å². The van der Waals surface area contributed by atoms with Gasteiger partial charge in [0.2, 0.25) is 5.78 Å². The van der Waals surface area contributed by atoms with Crippen LogP contribution in [0.4, 0.5) is 0 Å². The molecule has 1 atom stereocenters. The highest BCUT2D eigenvalue weighted by Crippen LogP contribution is 2.23. The molecule has 1 fully saturated rings. The number of benzene rings is 2. The molecule has 1 aliphatic rings. The van der Waals surface area contributed by atoms with Crippen LogP contribution in [0, 0.1) is 0 Å². The van der Waals surface area contributed by atoms with Crippen LogP contribution in [-0.4, -0.2) is 23.9 Å². The molecule has 3 nitrogen and oxygen atoms in total. The molecular weight excluding hydrogens is 296 g/mol. The molecule has 3 aromatic rings. The highest BCUT2D eigenvalue weighted by molar-refractivity contribution is 6.10. The largest absolute Gasteiger partial charge is 0.360 e. The third-order valence-corrected chi connectivity index (χ3v) is 5.15. The lowest BCUT2D eigenvalue weighted by Gasteiger charge is -2.30. The van der Waals surface area contributed by atoms with Crippen molar-refractivity contribution >= 4 is 16.7 Å². The van der Waals surface area contributed by atoms with Crippen molar-refractivity contribution in [2.24, 2.45) is 0 Å². The first-order chi connectivity index (χ1) is 11.8. The zero-order chi connectivity index (χ0) is 16.4. The molecule has 0 radical (unpaired) electrons. The van der Waals surface area contributed by atoms with Gasteiger partial charge in [-0.3, -0.25) is 4.79 Å². The minimum absolute atomic E-state index is 0.106. The lowest BCUT2D eigenvalue weighted by atomic mass is 9.94. The van der Waals surface area contributed by atoms with Gasteiger partial charge in [-0.05, 0) is 25.3 Å². The number of H-pyrrole nitrogens is 1. The number of hydrogen-bond acceptors (Lipinski definition) is 1. The molecule has 0 bridgehead atoms. The van der Waals surface area contributed by atoms with Gasteiger partial charge in [-0.2, -0.15) is 0 Å². The van der Waals surface area contributed by atoms with Gasteiger partial charge in [-0.25, -0.2) is 0 Å². The maximum absolute atomic E-state index is 13.5. The summed E-state index contributed by atoms with van der Waals surface area (Å²) in [4.78, 5) is 18.1. The lowest BCUT2D eigenvalue weighted by molar-refractivity contribution is -0.926. The number of rotatable bonds is 4. The predicted octanol–water partition coefficient (Wildman–Crippen LogP) is 3.16. The predicted molar refractivity (Wildman–Crippen MR) is 96.4 cm³/mol. The Morgan fingerprint density at radius 2 is 1.62 bits per heavy atom. The number of nitrogens with one attached hydrogen (secondary N) is 2. The summed E-state index contributed by atoms with van der Waals surface area (Å²) in [5.74, 6) is 0.232. The van der Waals surface area contributed by atoms with E-state index in [2.05, 4.69) is 17.1 Å². The average molecular weight is 319 g/mol. The molecule has 0 amide bonds. The van der Waals surface area contributed by atoms with E-state index in [1.165, 1.54) is 24.2 Å². The minimum Gasteiger partial charge on any atom is -0.360 e. The van der Waals surface area contributed by atoms with Crippen LogP contribution in [0.15, 0.2) is 60.8 Å². The van der Waals surface area contributed by atoms with Gasteiger partial charge in [0.1, 0.15) is 0 Å². The van der Waals surface area contributed by atoms with E-state index in [0.717, 1.165) is 35.1 Å². The molecule has 1 aromatic heterocycles. The van der Waals surface area contributed by atoms with E-state index < -0.39 is 0 Å². The summed E-state index contributed by atoms with van der Waals surface area (Å²) >= 11 is 0. The number of ketones is 1. The molecule has 122 valence electrons. The molecule has 1 saturated heterocycles. The van der Waals surface area contributed by atoms with E-state index in [-0.39, 0.29) is 11.8 Å². The van der Waals surface area contributed by atoms with Crippen molar-refractivity contribution in [3.63, 3.8) is 0 Å². The SMILES string of the molecule is O=C(c1c[nH]c2ccccc12)[C@@H](c1ccccc1)[NH+]1CCCCC1. The fourth-order valence-corrected chi connectivity index (χ4v) is 3.94. The van der Waals surface area contributed by atoms with Gasteiger partial charge in [-0.15, -0.1) is 0 Å². The Morgan fingerprint density at radius 1 is 0.917 bits per heavy atom. The van der Waals surface area contributed by atoms with Gasteiger partial charge < -0.3 is 9.88 Å². The molecule has 24 heavy (non-hydrogen) atoms. The third kappa shape index (κ3) is 2.76. The highest BCUT2D eigenvalue weighted by atomic mass is 16.1. The van der Waals surface area contributed by atoms with Gasteiger partial charge in [0.15, 0.2) is 6.04 Å². The van der Waals surface area contributed by atoms with Gasteiger partial charge in [0.05, 0.1) is 13.1 Å². The van der Waals surface area contributed by atoms with Crippen LogP contribution in [0.5, 0.6) is 0 Å². The molecule has 2 heterocycles.